The predicted molar refractivity (Wildman–Crippen MR) is 77.2 cm³/mol. The van der Waals surface area contributed by atoms with E-state index in [0.29, 0.717) is 24.9 Å². The van der Waals surface area contributed by atoms with Gasteiger partial charge >= 0.3 is 0 Å². The highest BCUT2D eigenvalue weighted by molar-refractivity contribution is 6.06. The van der Waals surface area contributed by atoms with Crippen molar-refractivity contribution in [3.05, 3.63) is 48.0 Å². The first-order valence-electron chi connectivity index (χ1n) is 6.66. The third-order valence-corrected chi connectivity index (χ3v) is 3.27. The second-order valence-electron chi connectivity index (χ2n) is 4.63. The van der Waals surface area contributed by atoms with Gasteiger partial charge in [-0.2, -0.15) is 0 Å². The average Bonchev–Trinajstić information content (AvgIpc) is 2.46. The summed E-state index contributed by atoms with van der Waals surface area (Å²) >= 11 is 0. The van der Waals surface area contributed by atoms with Gasteiger partial charge in [0.25, 0.3) is 5.91 Å². The zero-order valence-corrected chi connectivity index (χ0v) is 11.1. The molecule has 0 aliphatic carbocycles. The van der Waals surface area contributed by atoms with Crippen LogP contribution < -0.4 is 5.32 Å². The van der Waals surface area contributed by atoms with Crippen LogP contribution in [-0.4, -0.2) is 23.7 Å². The molecule has 2 aromatic rings. The first-order chi connectivity index (χ1) is 9.22. The Hall–Kier alpha value is -1.87. The van der Waals surface area contributed by atoms with E-state index in [9.17, 15) is 9.90 Å². The maximum atomic E-state index is 12.1. The van der Waals surface area contributed by atoms with Gasteiger partial charge in [-0.15, -0.1) is 0 Å². The molecule has 0 saturated carbocycles. The Morgan fingerprint density at radius 3 is 2.74 bits per heavy atom. The summed E-state index contributed by atoms with van der Waals surface area (Å²) < 4.78 is 0. The first kappa shape index (κ1) is 13.6. The van der Waals surface area contributed by atoms with Gasteiger partial charge in [0, 0.05) is 12.1 Å². The van der Waals surface area contributed by atoms with Gasteiger partial charge < -0.3 is 10.4 Å². The third-order valence-electron chi connectivity index (χ3n) is 3.27. The van der Waals surface area contributed by atoms with E-state index in [1.165, 1.54) is 0 Å². The van der Waals surface area contributed by atoms with Gasteiger partial charge in [0.05, 0.1) is 6.10 Å². The molecule has 100 valence electrons. The topological polar surface area (TPSA) is 49.3 Å². The van der Waals surface area contributed by atoms with Gasteiger partial charge in [0.1, 0.15) is 0 Å². The number of fused-ring (bicyclic) bond motifs is 1. The number of rotatable bonds is 5. The van der Waals surface area contributed by atoms with Gasteiger partial charge in [-0.25, -0.2) is 0 Å². The van der Waals surface area contributed by atoms with E-state index in [4.69, 9.17) is 0 Å². The summed E-state index contributed by atoms with van der Waals surface area (Å²) in [5, 5.41) is 14.3. The fourth-order valence-electron chi connectivity index (χ4n) is 2.08. The fourth-order valence-corrected chi connectivity index (χ4v) is 2.08. The van der Waals surface area contributed by atoms with E-state index >= 15 is 0 Å². The number of amides is 1. The summed E-state index contributed by atoms with van der Waals surface area (Å²) in [4.78, 5) is 12.1. The van der Waals surface area contributed by atoms with Crippen molar-refractivity contribution in [1.29, 1.82) is 0 Å². The molecule has 0 fully saturated rings. The van der Waals surface area contributed by atoms with Crippen LogP contribution in [0.5, 0.6) is 0 Å². The molecule has 2 N–H and O–H groups in total. The van der Waals surface area contributed by atoms with Crippen LogP contribution in [0.25, 0.3) is 10.8 Å². The fraction of sp³-hybridized carbons (Fsp3) is 0.312. The van der Waals surface area contributed by atoms with Crippen molar-refractivity contribution in [2.75, 3.05) is 6.54 Å². The van der Waals surface area contributed by atoms with E-state index in [-0.39, 0.29) is 12.0 Å². The maximum absolute atomic E-state index is 12.1. The number of aliphatic hydroxyl groups excluding tert-OH is 1. The maximum Gasteiger partial charge on any atom is 0.251 e. The summed E-state index contributed by atoms with van der Waals surface area (Å²) in [5.41, 5.74) is 0.684. The van der Waals surface area contributed by atoms with E-state index in [1.807, 2.05) is 49.4 Å². The highest BCUT2D eigenvalue weighted by Crippen LogP contribution is 2.18. The minimum Gasteiger partial charge on any atom is -0.393 e. The molecule has 0 radical (unpaired) electrons. The van der Waals surface area contributed by atoms with Crippen LogP contribution in [0.2, 0.25) is 0 Å². The average molecular weight is 257 g/mol. The Bertz CT molecular complexity index is 560. The smallest absolute Gasteiger partial charge is 0.251 e. The van der Waals surface area contributed by atoms with Crippen LogP contribution in [-0.2, 0) is 0 Å². The van der Waals surface area contributed by atoms with E-state index in [2.05, 4.69) is 5.32 Å². The molecule has 3 heteroatoms. The zero-order chi connectivity index (χ0) is 13.7. The lowest BCUT2D eigenvalue weighted by molar-refractivity contribution is 0.0943. The normalized spacial score (nSPS) is 12.3. The largest absolute Gasteiger partial charge is 0.393 e. The minimum absolute atomic E-state index is 0.0832. The number of carbonyl (C=O) groups excluding carboxylic acids is 1. The molecule has 0 heterocycles. The van der Waals surface area contributed by atoms with Crippen molar-refractivity contribution < 1.29 is 9.90 Å². The van der Waals surface area contributed by atoms with Crippen molar-refractivity contribution in [1.82, 2.24) is 5.32 Å². The lowest BCUT2D eigenvalue weighted by atomic mass is 10.0. The summed E-state index contributed by atoms with van der Waals surface area (Å²) in [6.07, 6.45) is 0.963. The van der Waals surface area contributed by atoms with Gasteiger partial charge in [-0.1, -0.05) is 43.3 Å². The summed E-state index contributed by atoms with van der Waals surface area (Å²) in [7, 11) is 0. The molecule has 0 bridgehead atoms. The Morgan fingerprint density at radius 1 is 1.21 bits per heavy atom. The molecule has 2 aromatic carbocycles. The van der Waals surface area contributed by atoms with Gasteiger partial charge in [0.2, 0.25) is 0 Å². The Labute approximate surface area is 113 Å². The molecule has 1 amide bonds. The molecule has 3 nitrogen and oxygen atoms in total. The molecule has 0 spiro atoms. The quantitative estimate of drug-likeness (QED) is 0.865. The number of benzene rings is 2. The van der Waals surface area contributed by atoms with Crippen LogP contribution in [0.1, 0.15) is 30.1 Å². The van der Waals surface area contributed by atoms with E-state index in [0.717, 1.165) is 10.8 Å². The number of aliphatic hydroxyl groups is 1. The number of hydrogen-bond acceptors (Lipinski definition) is 2. The van der Waals surface area contributed by atoms with Crippen LogP contribution in [0.4, 0.5) is 0 Å². The predicted octanol–water partition coefficient (Wildman–Crippen LogP) is 2.73. The van der Waals surface area contributed by atoms with Gasteiger partial charge in [0.15, 0.2) is 0 Å². The Kier molecular flexibility index (Phi) is 4.53. The third kappa shape index (κ3) is 3.32. The molecule has 19 heavy (non-hydrogen) atoms. The molecular weight excluding hydrogens is 238 g/mol. The lowest BCUT2D eigenvalue weighted by Gasteiger charge is -2.10. The zero-order valence-electron chi connectivity index (χ0n) is 11.1. The molecular formula is C16H19NO2. The molecule has 2 rings (SSSR count). The molecule has 1 unspecified atom stereocenters. The molecule has 0 aliphatic heterocycles. The highest BCUT2D eigenvalue weighted by atomic mass is 16.3. The summed E-state index contributed by atoms with van der Waals surface area (Å²) in [6, 6.07) is 13.5. The number of nitrogens with one attached hydrogen (secondary N) is 1. The van der Waals surface area contributed by atoms with Gasteiger partial charge in [-0.3, -0.25) is 4.79 Å². The van der Waals surface area contributed by atoms with E-state index < -0.39 is 0 Å². The summed E-state index contributed by atoms with van der Waals surface area (Å²) in [6.45, 7) is 2.42. The van der Waals surface area contributed by atoms with Crippen LogP contribution >= 0.6 is 0 Å². The first-order valence-corrected chi connectivity index (χ1v) is 6.66. The van der Waals surface area contributed by atoms with Crippen molar-refractivity contribution in [3.63, 3.8) is 0 Å². The minimum atomic E-state index is -0.340. The number of carbonyl (C=O) groups is 1. The SMILES string of the molecule is CCC(O)CCNC(=O)c1cccc2ccccc12. The van der Waals surface area contributed by atoms with Crippen LogP contribution in [0, 0.1) is 0 Å². The second kappa shape index (κ2) is 6.34. The van der Waals surface area contributed by atoms with E-state index in [1.54, 1.807) is 0 Å². The second-order valence-corrected chi connectivity index (χ2v) is 4.63. The highest BCUT2D eigenvalue weighted by Gasteiger charge is 2.09. The molecule has 0 saturated heterocycles. The van der Waals surface area contributed by atoms with Gasteiger partial charge in [-0.05, 0) is 29.7 Å². The van der Waals surface area contributed by atoms with Crippen molar-refractivity contribution in [2.24, 2.45) is 0 Å². The van der Waals surface area contributed by atoms with Crippen molar-refractivity contribution in [2.45, 2.75) is 25.9 Å². The van der Waals surface area contributed by atoms with Crippen LogP contribution in [0.15, 0.2) is 42.5 Å². The Balaban J connectivity index is 2.09. The molecule has 1 atom stereocenters. The molecule has 0 aliphatic rings. The lowest BCUT2D eigenvalue weighted by Crippen LogP contribution is -2.27. The van der Waals surface area contributed by atoms with Crippen LogP contribution in [0.3, 0.4) is 0 Å². The summed E-state index contributed by atoms with van der Waals surface area (Å²) in [5.74, 6) is -0.0832. The number of hydrogen-bond donors (Lipinski definition) is 2. The molecule has 0 aromatic heterocycles. The van der Waals surface area contributed by atoms with Crippen molar-refractivity contribution in [3.8, 4) is 0 Å². The Morgan fingerprint density at radius 2 is 1.95 bits per heavy atom. The standard InChI is InChI=1S/C16H19NO2/c1-2-13(18)10-11-17-16(19)15-9-5-7-12-6-3-4-8-14(12)15/h3-9,13,18H,2,10-11H2,1H3,(H,17,19). The van der Waals surface area contributed by atoms with Crippen molar-refractivity contribution >= 4 is 16.7 Å². The monoisotopic (exact) mass is 257 g/mol.